The van der Waals surface area contributed by atoms with Gasteiger partial charge in [-0.1, -0.05) is 11.6 Å². The number of carbonyl (C=O) groups excluding carboxylic acids is 1. The van der Waals surface area contributed by atoms with Gasteiger partial charge in [-0.05, 0) is 19.1 Å². The van der Waals surface area contributed by atoms with Crippen LogP contribution in [0.25, 0.3) is 0 Å². The summed E-state index contributed by atoms with van der Waals surface area (Å²) in [6.45, 7) is 2.66. The molecule has 110 valence electrons. The summed E-state index contributed by atoms with van der Waals surface area (Å²) >= 11 is 5.75. The zero-order chi connectivity index (χ0) is 15.1. The Balaban J connectivity index is 2.58. The Morgan fingerprint density at radius 2 is 2.10 bits per heavy atom. The summed E-state index contributed by atoms with van der Waals surface area (Å²) in [7, 11) is 1.75. The molecule has 0 unspecified atom stereocenters. The second kappa shape index (κ2) is 7.69. The first kappa shape index (κ1) is 16.2. The van der Waals surface area contributed by atoms with Crippen LogP contribution in [0.15, 0.2) is 18.3 Å². The molecule has 1 amide bonds. The van der Waals surface area contributed by atoms with Crippen LogP contribution < -0.4 is 4.90 Å². The number of anilines is 1. The predicted molar refractivity (Wildman–Crippen MR) is 77.0 cm³/mol. The maximum atomic E-state index is 12.1. The van der Waals surface area contributed by atoms with Gasteiger partial charge >= 0.3 is 5.97 Å². The Labute approximate surface area is 123 Å². The Morgan fingerprint density at radius 1 is 1.40 bits per heavy atom. The van der Waals surface area contributed by atoms with Gasteiger partial charge in [0.1, 0.15) is 5.82 Å². The normalized spacial score (nSPS) is 10.2. The highest BCUT2D eigenvalue weighted by atomic mass is 35.5. The molecule has 1 heterocycles. The molecule has 0 aromatic carbocycles. The molecule has 1 N–H and O–H groups in total. The molecule has 1 rings (SSSR count). The lowest BCUT2D eigenvalue weighted by molar-refractivity contribution is -0.138. The fraction of sp³-hybridized carbons (Fsp3) is 0.462. The van der Waals surface area contributed by atoms with Crippen LogP contribution in [0.2, 0.25) is 5.02 Å². The van der Waals surface area contributed by atoms with Crippen LogP contribution in [0.5, 0.6) is 0 Å². The number of halogens is 1. The van der Waals surface area contributed by atoms with Crippen LogP contribution in [0.1, 0.15) is 13.3 Å². The van der Waals surface area contributed by atoms with Crippen molar-refractivity contribution in [3.8, 4) is 0 Å². The van der Waals surface area contributed by atoms with E-state index in [4.69, 9.17) is 16.7 Å². The Kier molecular flexibility index (Phi) is 6.24. The molecule has 0 aliphatic rings. The second-order valence-electron chi connectivity index (χ2n) is 4.31. The topological polar surface area (TPSA) is 73.7 Å². The number of aromatic nitrogens is 1. The highest BCUT2D eigenvalue weighted by molar-refractivity contribution is 6.30. The zero-order valence-corrected chi connectivity index (χ0v) is 12.3. The molecular weight excluding hydrogens is 282 g/mol. The minimum atomic E-state index is -0.913. The number of carboxylic acid groups (broad SMARTS) is 1. The van der Waals surface area contributed by atoms with Gasteiger partial charge in [0.15, 0.2) is 0 Å². The molecule has 1 aromatic heterocycles. The monoisotopic (exact) mass is 299 g/mol. The number of pyridine rings is 1. The lowest BCUT2D eigenvalue weighted by Crippen LogP contribution is -2.40. The first-order chi connectivity index (χ1) is 9.43. The van der Waals surface area contributed by atoms with E-state index in [2.05, 4.69) is 4.98 Å². The van der Waals surface area contributed by atoms with Crippen molar-refractivity contribution in [2.24, 2.45) is 0 Å². The lowest BCUT2D eigenvalue weighted by atomic mass is 10.3. The average molecular weight is 300 g/mol. The summed E-state index contributed by atoms with van der Waals surface area (Å²) in [5, 5.41) is 9.19. The van der Waals surface area contributed by atoms with Gasteiger partial charge in [0, 0.05) is 26.3 Å². The smallest absolute Gasteiger partial charge is 0.305 e. The SMILES string of the molecule is CCN(CCC(=O)O)C(=O)CN(C)c1ccc(Cl)cn1. The molecule has 0 fully saturated rings. The molecule has 7 heteroatoms. The summed E-state index contributed by atoms with van der Waals surface area (Å²) < 4.78 is 0. The van der Waals surface area contributed by atoms with Crippen LogP contribution in [-0.2, 0) is 9.59 Å². The number of rotatable bonds is 7. The van der Waals surface area contributed by atoms with Crippen LogP contribution in [0.3, 0.4) is 0 Å². The predicted octanol–water partition coefficient (Wildman–Crippen LogP) is 1.49. The first-order valence-corrected chi connectivity index (χ1v) is 6.64. The van der Waals surface area contributed by atoms with Gasteiger partial charge < -0.3 is 14.9 Å². The number of nitrogens with zero attached hydrogens (tertiary/aromatic N) is 3. The third kappa shape index (κ3) is 5.05. The molecule has 0 bridgehead atoms. The minimum absolute atomic E-state index is 0.0531. The molecule has 0 saturated heterocycles. The largest absolute Gasteiger partial charge is 0.481 e. The van der Waals surface area contributed by atoms with Crippen molar-refractivity contribution in [3.05, 3.63) is 23.4 Å². The van der Waals surface area contributed by atoms with E-state index in [1.807, 2.05) is 6.92 Å². The molecule has 6 nitrogen and oxygen atoms in total. The van der Waals surface area contributed by atoms with Gasteiger partial charge in [-0.2, -0.15) is 0 Å². The number of carbonyl (C=O) groups is 2. The van der Waals surface area contributed by atoms with Gasteiger partial charge in [0.25, 0.3) is 0 Å². The Morgan fingerprint density at radius 3 is 2.60 bits per heavy atom. The van der Waals surface area contributed by atoms with Crippen LogP contribution >= 0.6 is 11.6 Å². The Hall–Kier alpha value is -1.82. The van der Waals surface area contributed by atoms with E-state index in [0.717, 1.165) is 0 Å². The number of hydrogen-bond acceptors (Lipinski definition) is 4. The molecule has 0 saturated carbocycles. The van der Waals surface area contributed by atoms with Crippen LogP contribution in [-0.4, -0.2) is 53.5 Å². The summed E-state index contributed by atoms with van der Waals surface area (Å²) in [5.74, 6) is -0.408. The Bertz CT molecular complexity index is 464. The van der Waals surface area contributed by atoms with Crippen molar-refractivity contribution in [3.63, 3.8) is 0 Å². The van der Waals surface area contributed by atoms with E-state index < -0.39 is 5.97 Å². The third-order valence-corrected chi connectivity index (χ3v) is 3.03. The van der Waals surface area contributed by atoms with E-state index in [1.54, 1.807) is 24.1 Å². The second-order valence-corrected chi connectivity index (χ2v) is 4.74. The van der Waals surface area contributed by atoms with Crippen molar-refractivity contribution >= 4 is 29.3 Å². The molecule has 0 aliphatic carbocycles. The van der Waals surface area contributed by atoms with E-state index in [-0.39, 0.29) is 25.4 Å². The lowest BCUT2D eigenvalue weighted by Gasteiger charge is -2.24. The molecule has 0 atom stereocenters. The van der Waals surface area contributed by atoms with Gasteiger partial charge in [0.05, 0.1) is 18.0 Å². The van der Waals surface area contributed by atoms with Crippen molar-refractivity contribution in [2.45, 2.75) is 13.3 Å². The quantitative estimate of drug-likeness (QED) is 0.826. The standard InChI is InChI=1S/C13H18ClN3O3/c1-3-17(7-6-13(19)20)12(18)9-16(2)11-5-4-10(14)8-15-11/h4-5,8H,3,6-7,9H2,1-2H3,(H,19,20). The van der Waals surface area contributed by atoms with E-state index in [1.165, 1.54) is 11.1 Å². The zero-order valence-electron chi connectivity index (χ0n) is 11.5. The number of aliphatic carboxylic acids is 1. The number of carboxylic acids is 1. The highest BCUT2D eigenvalue weighted by Crippen LogP contribution is 2.12. The fourth-order valence-corrected chi connectivity index (χ4v) is 1.78. The van der Waals surface area contributed by atoms with Gasteiger partial charge in [-0.3, -0.25) is 9.59 Å². The summed E-state index contributed by atoms with van der Waals surface area (Å²) in [6, 6.07) is 3.43. The van der Waals surface area contributed by atoms with Gasteiger partial charge in [-0.15, -0.1) is 0 Å². The highest BCUT2D eigenvalue weighted by Gasteiger charge is 2.15. The third-order valence-electron chi connectivity index (χ3n) is 2.81. The maximum absolute atomic E-state index is 12.1. The number of likely N-dealkylation sites (N-methyl/N-ethyl adjacent to an activating group) is 2. The molecule has 0 radical (unpaired) electrons. The first-order valence-electron chi connectivity index (χ1n) is 6.26. The maximum Gasteiger partial charge on any atom is 0.305 e. The van der Waals surface area contributed by atoms with E-state index in [0.29, 0.717) is 17.4 Å². The summed E-state index contributed by atoms with van der Waals surface area (Å²) in [6.07, 6.45) is 1.46. The minimum Gasteiger partial charge on any atom is -0.481 e. The van der Waals surface area contributed by atoms with Gasteiger partial charge in [0.2, 0.25) is 5.91 Å². The van der Waals surface area contributed by atoms with Crippen LogP contribution in [0, 0.1) is 0 Å². The van der Waals surface area contributed by atoms with Crippen molar-refractivity contribution in [1.29, 1.82) is 0 Å². The number of hydrogen-bond donors (Lipinski definition) is 1. The molecule has 1 aromatic rings. The number of amides is 1. The van der Waals surface area contributed by atoms with Crippen molar-refractivity contribution < 1.29 is 14.7 Å². The summed E-state index contributed by atoms with van der Waals surface area (Å²) in [5.41, 5.74) is 0. The molecular formula is C13H18ClN3O3. The average Bonchev–Trinajstić information content (AvgIpc) is 2.39. The van der Waals surface area contributed by atoms with E-state index in [9.17, 15) is 9.59 Å². The summed E-state index contributed by atoms with van der Waals surface area (Å²) in [4.78, 5) is 30.0. The van der Waals surface area contributed by atoms with Gasteiger partial charge in [-0.25, -0.2) is 4.98 Å². The van der Waals surface area contributed by atoms with Crippen molar-refractivity contribution in [1.82, 2.24) is 9.88 Å². The van der Waals surface area contributed by atoms with Crippen LogP contribution in [0.4, 0.5) is 5.82 Å². The molecule has 0 spiro atoms. The van der Waals surface area contributed by atoms with E-state index >= 15 is 0 Å². The molecule has 0 aliphatic heterocycles. The van der Waals surface area contributed by atoms with Crippen molar-refractivity contribution in [2.75, 3.05) is 31.6 Å². The fourth-order valence-electron chi connectivity index (χ4n) is 1.67. The molecule has 20 heavy (non-hydrogen) atoms.